The molecule has 2 heterocycles. The van der Waals surface area contributed by atoms with Crippen LogP contribution in [0.1, 0.15) is 0 Å². The molecule has 6 nitrogen and oxygen atoms in total. The van der Waals surface area contributed by atoms with Gasteiger partial charge in [0.15, 0.2) is 5.65 Å². The van der Waals surface area contributed by atoms with E-state index in [0.29, 0.717) is 11.6 Å². The Bertz CT molecular complexity index is 675. The molecule has 1 aromatic carbocycles. The number of nitrogens with two attached hydrogens (primary N) is 1. The Labute approximate surface area is 90.7 Å². The van der Waals surface area contributed by atoms with Crippen LogP contribution in [0.15, 0.2) is 24.5 Å². The molecule has 0 amide bonds. The standard InChI is InChI=1S/C10H9N5O/c1-16-6-2-3-7-8(4-6)14-10(11)15-9(7)12-5-13-15/h2-5H,1H3,(H2,11,14). The van der Waals surface area contributed by atoms with E-state index in [0.717, 1.165) is 16.7 Å². The highest BCUT2D eigenvalue weighted by atomic mass is 16.5. The lowest BCUT2D eigenvalue weighted by Crippen LogP contribution is -2.02. The maximum absolute atomic E-state index is 5.77. The minimum absolute atomic E-state index is 0.313. The molecule has 0 unspecified atom stereocenters. The quantitative estimate of drug-likeness (QED) is 0.651. The molecule has 2 aromatic heterocycles. The number of aromatic nitrogens is 4. The van der Waals surface area contributed by atoms with Crippen LogP contribution in [0.4, 0.5) is 5.95 Å². The van der Waals surface area contributed by atoms with Crippen LogP contribution in [0.5, 0.6) is 5.75 Å². The molecule has 0 bridgehead atoms. The van der Waals surface area contributed by atoms with Gasteiger partial charge in [0.05, 0.1) is 12.6 Å². The van der Waals surface area contributed by atoms with Gasteiger partial charge >= 0.3 is 0 Å². The van der Waals surface area contributed by atoms with E-state index in [1.54, 1.807) is 7.11 Å². The molecule has 0 aliphatic carbocycles. The fourth-order valence-electron chi connectivity index (χ4n) is 1.68. The van der Waals surface area contributed by atoms with Crippen LogP contribution in [0.3, 0.4) is 0 Å². The lowest BCUT2D eigenvalue weighted by Gasteiger charge is -2.04. The summed E-state index contributed by atoms with van der Waals surface area (Å²) in [5.74, 6) is 1.05. The van der Waals surface area contributed by atoms with Gasteiger partial charge < -0.3 is 10.5 Å². The molecule has 0 radical (unpaired) electrons. The van der Waals surface area contributed by atoms with Crippen LogP contribution < -0.4 is 10.5 Å². The van der Waals surface area contributed by atoms with E-state index in [1.807, 2.05) is 18.2 Å². The van der Waals surface area contributed by atoms with Crippen molar-refractivity contribution in [1.82, 2.24) is 19.6 Å². The molecule has 16 heavy (non-hydrogen) atoms. The fourth-order valence-corrected chi connectivity index (χ4v) is 1.68. The summed E-state index contributed by atoms with van der Waals surface area (Å²) in [7, 11) is 1.61. The first-order valence-electron chi connectivity index (χ1n) is 4.72. The number of benzene rings is 1. The Hall–Kier alpha value is -2.37. The maximum atomic E-state index is 5.77. The molecule has 6 heteroatoms. The first-order valence-corrected chi connectivity index (χ1v) is 4.72. The lowest BCUT2D eigenvalue weighted by molar-refractivity contribution is 0.415. The van der Waals surface area contributed by atoms with Gasteiger partial charge in [-0.2, -0.15) is 9.61 Å². The summed E-state index contributed by atoms with van der Waals surface area (Å²) in [6.07, 6.45) is 1.46. The van der Waals surface area contributed by atoms with Crippen molar-refractivity contribution < 1.29 is 4.74 Å². The molecular formula is C10H9N5O. The number of nitrogen functional groups attached to an aromatic ring is 1. The highest BCUT2D eigenvalue weighted by Crippen LogP contribution is 2.22. The van der Waals surface area contributed by atoms with Gasteiger partial charge in [-0.25, -0.2) is 9.97 Å². The predicted octanol–water partition coefficient (Wildman–Crippen LogP) is 0.868. The lowest BCUT2D eigenvalue weighted by atomic mass is 10.2. The summed E-state index contributed by atoms with van der Waals surface area (Å²) < 4.78 is 6.64. The number of methoxy groups -OCH3 is 1. The third-order valence-corrected chi connectivity index (χ3v) is 2.45. The zero-order valence-electron chi connectivity index (χ0n) is 8.58. The Balaban J connectivity index is 2.48. The Morgan fingerprint density at radius 2 is 2.25 bits per heavy atom. The molecule has 0 fully saturated rings. The van der Waals surface area contributed by atoms with Gasteiger partial charge in [0.25, 0.3) is 0 Å². The molecule has 2 N–H and O–H groups in total. The average molecular weight is 215 g/mol. The van der Waals surface area contributed by atoms with Crippen molar-refractivity contribution in [2.45, 2.75) is 0 Å². The van der Waals surface area contributed by atoms with Gasteiger partial charge in [-0.15, -0.1) is 0 Å². The molecule has 3 rings (SSSR count). The first-order chi connectivity index (χ1) is 7.79. The van der Waals surface area contributed by atoms with Crippen molar-refractivity contribution in [3.05, 3.63) is 24.5 Å². The van der Waals surface area contributed by atoms with E-state index in [1.165, 1.54) is 10.8 Å². The van der Waals surface area contributed by atoms with Crippen LogP contribution in [0, 0.1) is 0 Å². The van der Waals surface area contributed by atoms with Crippen LogP contribution in [-0.2, 0) is 0 Å². The van der Waals surface area contributed by atoms with Gasteiger partial charge in [0, 0.05) is 11.5 Å². The van der Waals surface area contributed by atoms with Crippen LogP contribution in [0.25, 0.3) is 16.6 Å². The fraction of sp³-hybridized carbons (Fsp3) is 0.100. The zero-order valence-corrected chi connectivity index (χ0v) is 8.58. The molecule has 0 saturated carbocycles. The second-order valence-corrected chi connectivity index (χ2v) is 3.35. The molecule has 0 saturated heterocycles. The van der Waals surface area contributed by atoms with Crippen molar-refractivity contribution in [2.75, 3.05) is 12.8 Å². The largest absolute Gasteiger partial charge is 0.497 e. The van der Waals surface area contributed by atoms with Crippen molar-refractivity contribution >= 4 is 22.5 Å². The molecule has 80 valence electrons. The number of hydrogen-bond acceptors (Lipinski definition) is 5. The second-order valence-electron chi connectivity index (χ2n) is 3.35. The second kappa shape index (κ2) is 3.06. The van der Waals surface area contributed by atoms with Crippen LogP contribution in [0.2, 0.25) is 0 Å². The Kier molecular flexibility index (Phi) is 1.70. The SMILES string of the molecule is COc1ccc2c(c1)nc(N)n1ncnc21. The Morgan fingerprint density at radius 3 is 3.06 bits per heavy atom. The van der Waals surface area contributed by atoms with E-state index in [4.69, 9.17) is 10.5 Å². The number of rotatable bonds is 1. The summed E-state index contributed by atoms with van der Waals surface area (Å²) in [6, 6.07) is 5.57. The summed E-state index contributed by atoms with van der Waals surface area (Å²) in [4.78, 5) is 8.40. The maximum Gasteiger partial charge on any atom is 0.223 e. The summed E-state index contributed by atoms with van der Waals surface area (Å²) in [5, 5.41) is 4.89. The van der Waals surface area contributed by atoms with E-state index in [9.17, 15) is 0 Å². The predicted molar refractivity (Wildman–Crippen MR) is 59.3 cm³/mol. The smallest absolute Gasteiger partial charge is 0.223 e. The molecule has 3 aromatic rings. The van der Waals surface area contributed by atoms with Gasteiger partial charge in [0.1, 0.15) is 12.1 Å². The van der Waals surface area contributed by atoms with E-state index in [-0.39, 0.29) is 0 Å². The number of nitrogens with zero attached hydrogens (tertiary/aromatic N) is 4. The molecule has 0 atom stereocenters. The third kappa shape index (κ3) is 1.10. The highest BCUT2D eigenvalue weighted by molar-refractivity contribution is 5.92. The normalized spacial score (nSPS) is 11.1. The van der Waals surface area contributed by atoms with Gasteiger partial charge in [-0.3, -0.25) is 0 Å². The minimum atomic E-state index is 0.313. The zero-order chi connectivity index (χ0) is 11.1. The van der Waals surface area contributed by atoms with Gasteiger partial charge in [-0.1, -0.05) is 0 Å². The van der Waals surface area contributed by atoms with Crippen LogP contribution >= 0.6 is 0 Å². The van der Waals surface area contributed by atoms with E-state index >= 15 is 0 Å². The Morgan fingerprint density at radius 1 is 1.38 bits per heavy atom. The van der Waals surface area contributed by atoms with E-state index < -0.39 is 0 Å². The van der Waals surface area contributed by atoms with Crippen molar-refractivity contribution in [2.24, 2.45) is 0 Å². The van der Waals surface area contributed by atoms with Crippen molar-refractivity contribution in [3.63, 3.8) is 0 Å². The molecular weight excluding hydrogens is 206 g/mol. The molecule has 0 spiro atoms. The number of anilines is 1. The van der Waals surface area contributed by atoms with Crippen LogP contribution in [-0.4, -0.2) is 26.7 Å². The number of fused-ring (bicyclic) bond motifs is 3. The monoisotopic (exact) mass is 215 g/mol. The first kappa shape index (κ1) is 8.90. The average Bonchev–Trinajstić information content (AvgIpc) is 2.78. The number of ether oxygens (including phenoxy) is 1. The van der Waals surface area contributed by atoms with Gasteiger partial charge in [-0.05, 0) is 12.1 Å². The van der Waals surface area contributed by atoms with Crippen molar-refractivity contribution in [1.29, 1.82) is 0 Å². The number of hydrogen-bond donors (Lipinski definition) is 1. The summed E-state index contributed by atoms with van der Waals surface area (Å²) >= 11 is 0. The molecule has 0 aliphatic rings. The molecule has 0 aliphatic heterocycles. The summed E-state index contributed by atoms with van der Waals surface area (Å²) in [5.41, 5.74) is 7.21. The summed E-state index contributed by atoms with van der Waals surface area (Å²) in [6.45, 7) is 0. The third-order valence-electron chi connectivity index (χ3n) is 2.45. The minimum Gasteiger partial charge on any atom is -0.497 e. The van der Waals surface area contributed by atoms with Crippen molar-refractivity contribution in [3.8, 4) is 5.75 Å². The van der Waals surface area contributed by atoms with E-state index in [2.05, 4.69) is 15.1 Å². The highest BCUT2D eigenvalue weighted by Gasteiger charge is 2.08. The van der Waals surface area contributed by atoms with Gasteiger partial charge in [0.2, 0.25) is 5.95 Å². The topological polar surface area (TPSA) is 78.3 Å².